The molecule has 1 N–H and O–H groups in total. The molecule has 80 valence electrons. The Labute approximate surface area is 94.9 Å². The first-order chi connectivity index (χ1) is 7.77. The summed E-state index contributed by atoms with van der Waals surface area (Å²) in [7, 11) is 0. The van der Waals surface area contributed by atoms with Gasteiger partial charge in [-0.05, 0) is 11.4 Å². The second kappa shape index (κ2) is 3.38. The molecule has 2 aromatic heterocycles. The molecular weight excluding hydrogens is 227 g/mol. The predicted molar refractivity (Wildman–Crippen MR) is 58.7 cm³/mol. The summed E-state index contributed by atoms with van der Waals surface area (Å²) in [4.78, 5) is 16.5. The van der Waals surface area contributed by atoms with Crippen LogP contribution < -0.4 is 5.32 Å². The Balaban J connectivity index is 2.29. The normalized spacial score (nSPS) is 13.7. The second-order valence-corrected chi connectivity index (χ2v) is 4.42. The van der Waals surface area contributed by atoms with E-state index < -0.39 is 5.82 Å². The molecular formula is C11H7FN2OS. The number of nitrogens with one attached hydrogen (secondary N) is 1. The number of amides is 1. The van der Waals surface area contributed by atoms with Crippen molar-refractivity contribution in [1.29, 1.82) is 0 Å². The van der Waals surface area contributed by atoms with Crippen LogP contribution in [0.1, 0.15) is 15.9 Å². The summed E-state index contributed by atoms with van der Waals surface area (Å²) in [5, 5.41) is 4.52. The molecule has 1 aliphatic rings. The van der Waals surface area contributed by atoms with Crippen LogP contribution in [0.2, 0.25) is 0 Å². The van der Waals surface area contributed by atoms with Crippen LogP contribution in [-0.2, 0) is 6.54 Å². The van der Waals surface area contributed by atoms with Crippen molar-refractivity contribution in [1.82, 2.24) is 10.3 Å². The summed E-state index contributed by atoms with van der Waals surface area (Å²) < 4.78 is 13.4. The van der Waals surface area contributed by atoms with Gasteiger partial charge in [0.1, 0.15) is 5.82 Å². The molecule has 3 nitrogen and oxygen atoms in total. The summed E-state index contributed by atoms with van der Waals surface area (Å²) in [5.74, 6) is -0.668. The lowest BCUT2D eigenvalue weighted by Crippen LogP contribution is -2.13. The fourth-order valence-electron chi connectivity index (χ4n) is 1.80. The average Bonchev–Trinajstić information content (AvgIpc) is 2.90. The number of rotatable bonds is 1. The smallest absolute Gasteiger partial charge is 0.254 e. The van der Waals surface area contributed by atoms with E-state index in [9.17, 15) is 9.18 Å². The minimum absolute atomic E-state index is 0.245. The molecule has 0 bridgehead atoms. The molecule has 0 aliphatic carbocycles. The van der Waals surface area contributed by atoms with Crippen LogP contribution in [0.15, 0.2) is 23.7 Å². The van der Waals surface area contributed by atoms with Gasteiger partial charge in [-0.3, -0.25) is 9.78 Å². The van der Waals surface area contributed by atoms with Gasteiger partial charge in [-0.15, -0.1) is 11.3 Å². The lowest BCUT2D eigenvalue weighted by Gasteiger charge is -2.03. The van der Waals surface area contributed by atoms with Crippen molar-refractivity contribution in [2.75, 3.05) is 0 Å². The highest BCUT2D eigenvalue weighted by Crippen LogP contribution is 2.31. The van der Waals surface area contributed by atoms with Crippen LogP contribution in [0.3, 0.4) is 0 Å². The van der Waals surface area contributed by atoms with Gasteiger partial charge in [0, 0.05) is 12.1 Å². The number of hydrogen-bond donors (Lipinski definition) is 1. The van der Waals surface area contributed by atoms with Gasteiger partial charge in [-0.2, -0.15) is 0 Å². The van der Waals surface area contributed by atoms with Crippen molar-refractivity contribution in [3.63, 3.8) is 0 Å². The highest BCUT2D eigenvalue weighted by atomic mass is 32.1. The average molecular weight is 234 g/mol. The maximum atomic E-state index is 13.4. The molecule has 0 atom stereocenters. The van der Waals surface area contributed by atoms with E-state index in [1.54, 1.807) is 0 Å². The maximum absolute atomic E-state index is 13.4. The third-order valence-electron chi connectivity index (χ3n) is 2.54. The van der Waals surface area contributed by atoms with Crippen molar-refractivity contribution < 1.29 is 9.18 Å². The zero-order chi connectivity index (χ0) is 11.1. The van der Waals surface area contributed by atoms with Gasteiger partial charge >= 0.3 is 0 Å². The van der Waals surface area contributed by atoms with Crippen LogP contribution in [0, 0.1) is 5.82 Å². The first kappa shape index (κ1) is 9.47. The van der Waals surface area contributed by atoms with Gasteiger partial charge in [0.25, 0.3) is 5.91 Å². The van der Waals surface area contributed by atoms with Gasteiger partial charge < -0.3 is 5.32 Å². The topological polar surface area (TPSA) is 42.0 Å². The molecule has 16 heavy (non-hydrogen) atoms. The number of hydrogen-bond acceptors (Lipinski definition) is 3. The maximum Gasteiger partial charge on any atom is 0.254 e. The summed E-state index contributed by atoms with van der Waals surface area (Å²) in [6, 6.07) is 3.75. The zero-order valence-corrected chi connectivity index (χ0v) is 8.97. The Morgan fingerprint density at radius 1 is 1.50 bits per heavy atom. The van der Waals surface area contributed by atoms with E-state index in [0.29, 0.717) is 16.8 Å². The van der Waals surface area contributed by atoms with Crippen molar-refractivity contribution in [2.24, 2.45) is 0 Å². The number of fused-ring (bicyclic) bond motifs is 1. The number of halogens is 1. The van der Waals surface area contributed by atoms with Gasteiger partial charge in [0.05, 0.1) is 22.3 Å². The Bertz CT molecular complexity index is 566. The molecule has 0 saturated heterocycles. The highest BCUT2D eigenvalue weighted by Gasteiger charge is 2.27. The molecule has 2 aromatic rings. The van der Waals surface area contributed by atoms with Gasteiger partial charge in [0.15, 0.2) is 0 Å². The minimum Gasteiger partial charge on any atom is -0.348 e. The quantitative estimate of drug-likeness (QED) is 0.821. The van der Waals surface area contributed by atoms with E-state index in [1.165, 1.54) is 17.5 Å². The lowest BCUT2D eigenvalue weighted by atomic mass is 10.1. The van der Waals surface area contributed by atoms with Crippen LogP contribution in [0.5, 0.6) is 0 Å². The van der Waals surface area contributed by atoms with Crippen molar-refractivity contribution in [3.8, 4) is 10.6 Å². The van der Waals surface area contributed by atoms with E-state index >= 15 is 0 Å². The third kappa shape index (κ3) is 1.25. The van der Waals surface area contributed by atoms with Crippen molar-refractivity contribution in [2.45, 2.75) is 6.54 Å². The molecule has 0 fully saturated rings. The van der Waals surface area contributed by atoms with E-state index in [4.69, 9.17) is 0 Å². The molecule has 0 saturated carbocycles. The van der Waals surface area contributed by atoms with Crippen LogP contribution in [0.25, 0.3) is 10.6 Å². The molecule has 0 unspecified atom stereocenters. The molecule has 0 aromatic carbocycles. The molecule has 0 spiro atoms. The summed E-state index contributed by atoms with van der Waals surface area (Å²) >= 11 is 1.48. The van der Waals surface area contributed by atoms with E-state index in [2.05, 4.69) is 10.3 Å². The van der Waals surface area contributed by atoms with Gasteiger partial charge in [0.2, 0.25) is 0 Å². The fourth-order valence-corrected chi connectivity index (χ4v) is 2.53. The predicted octanol–water partition coefficient (Wildman–Crippen LogP) is 2.19. The molecule has 1 aliphatic heterocycles. The van der Waals surface area contributed by atoms with E-state index in [1.807, 2.05) is 17.5 Å². The Morgan fingerprint density at radius 2 is 2.38 bits per heavy atom. The lowest BCUT2D eigenvalue weighted by molar-refractivity contribution is 0.0966. The molecule has 0 radical (unpaired) electrons. The number of carbonyl (C=O) groups is 1. The highest BCUT2D eigenvalue weighted by molar-refractivity contribution is 7.13. The summed E-state index contributed by atoms with van der Waals surface area (Å²) in [6.45, 7) is 0.251. The Morgan fingerprint density at radius 3 is 3.12 bits per heavy atom. The monoisotopic (exact) mass is 234 g/mol. The number of pyridine rings is 1. The Hall–Kier alpha value is -1.75. The number of aromatic nitrogens is 1. The minimum atomic E-state index is -0.423. The first-order valence-corrected chi connectivity index (χ1v) is 5.65. The molecule has 1 amide bonds. The molecule has 5 heteroatoms. The standard InChI is InChI=1S/C11H7FN2OS/c12-7-5-13-10(8-2-1-3-16-8)9-6(7)4-14-11(9)15/h1-3,5H,4H2,(H,14,15). The van der Waals surface area contributed by atoms with Crippen LogP contribution in [-0.4, -0.2) is 10.9 Å². The van der Waals surface area contributed by atoms with Crippen molar-refractivity contribution in [3.05, 3.63) is 40.7 Å². The van der Waals surface area contributed by atoms with E-state index in [-0.39, 0.29) is 12.5 Å². The first-order valence-electron chi connectivity index (χ1n) is 4.77. The van der Waals surface area contributed by atoms with E-state index in [0.717, 1.165) is 4.88 Å². The summed E-state index contributed by atoms with van der Waals surface area (Å²) in [5.41, 5.74) is 1.37. The number of thiophene rings is 1. The fraction of sp³-hybridized carbons (Fsp3) is 0.0909. The summed E-state index contributed by atoms with van der Waals surface area (Å²) in [6.07, 6.45) is 1.17. The number of nitrogens with zero attached hydrogens (tertiary/aromatic N) is 1. The van der Waals surface area contributed by atoms with Gasteiger partial charge in [-0.25, -0.2) is 4.39 Å². The van der Waals surface area contributed by atoms with Crippen LogP contribution in [0.4, 0.5) is 4.39 Å². The third-order valence-corrected chi connectivity index (χ3v) is 3.42. The SMILES string of the molecule is O=C1NCc2c(F)cnc(-c3cccs3)c21. The zero-order valence-electron chi connectivity index (χ0n) is 8.16. The van der Waals surface area contributed by atoms with Crippen LogP contribution >= 0.6 is 11.3 Å². The molecule has 3 rings (SSSR count). The molecule has 3 heterocycles. The number of carbonyl (C=O) groups excluding carboxylic acids is 1. The largest absolute Gasteiger partial charge is 0.348 e. The second-order valence-electron chi connectivity index (χ2n) is 3.47. The Kier molecular flexibility index (Phi) is 2.00. The van der Waals surface area contributed by atoms with Gasteiger partial charge in [-0.1, -0.05) is 6.07 Å². The van der Waals surface area contributed by atoms with Crippen molar-refractivity contribution >= 4 is 17.2 Å².